The molecule has 0 amide bonds. The third kappa shape index (κ3) is 5.11. The second kappa shape index (κ2) is 7.41. The summed E-state index contributed by atoms with van der Waals surface area (Å²) in [5.74, 6) is -0.605. The van der Waals surface area contributed by atoms with Gasteiger partial charge in [0.2, 0.25) is 10.0 Å². The number of nitrogens with one attached hydrogen (secondary N) is 1. The van der Waals surface area contributed by atoms with Crippen LogP contribution in [0.3, 0.4) is 0 Å². The summed E-state index contributed by atoms with van der Waals surface area (Å²) in [6.45, 7) is 1.47. The van der Waals surface area contributed by atoms with Crippen molar-refractivity contribution in [1.29, 1.82) is 0 Å². The third-order valence-corrected chi connectivity index (χ3v) is 4.28. The number of hydrogen-bond donors (Lipinski definition) is 1. The molecule has 0 saturated carbocycles. The molecule has 0 saturated heterocycles. The number of aromatic nitrogens is 2. The first-order valence-electron chi connectivity index (χ1n) is 5.83. The molecule has 6 nitrogen and oxygen atoms in total. The van der Waals surface area contributed by atoms with Crippen LogP contribution in [0.2, 0.25) is 0 Å². The van der Waals surface area contributed by atoms with Crippen LogP contribution in [-0.2, 0) is 10.0 Å². The molecule has 0 aliphatic carbocycles. The number of fused-ring (bicyclic) bond motifs is 1. The van der Waals surface area contributed by atoms with E-state index in [1.165, 1.54) is 6.92 Å². The van der Waals surface area contributed by atoms with E-state index < -0.39 is 21.3 Å². The zero-order valence-electron chi connectivity index (χ0n) is 12.0. The minimum absolute atomic E-state index is 0.0137. The minimum Gasteiger partial charge on any atom is -0.312 e. The first-order chi connectivity index (χ1) is 9.65. The number of benzene rings is 1. The molecule has 0 aliphatic rings. The molecule has 0 aliphatic heterocycles. The highest BCUT2D eigenvalue weighted by molar-refractivity contribution is 7.89. The fraction of sp³-hybridized carbons (Fsp3) is 0.455. The van der Waals surface area contributed by atoms with Crippen molar-refractivity contribution in [1.82, 2.24) is 18.4 Å². The van der Waals surface area contributed by atoms with E-state index in [0.717, 1.165) is 23.9 Å². The maximum Gasteiger partial charge on any atom is 0.244 e. The largest absolute Gasteiger partial charge is 0.312 e. The molecule has 0 bridgehead atoms. The second-order valence-electron chi connectivity index (χ2n) is 4.59. The molecule has 0 fully saturated rings. The van der Waals surface area contributed by atoms with Gasteiger partial charge in [-0.25, -0.2) is 12.8 Å². The SMILES string of the molecule is CC(Cl)NS(=O)(=O)c1ccc(F)c2nsnc12.CN(C)C. The minimum atomic E-state index is -3.82. The average Bonchev–Trinajstić information content (AvgIpc) is 2.75. The van der Waals surface area contributed by atoms with Gasteiger partial charge in [-0.1, -0.05) is 0 Å². The van der Waals surface area contributed by atoms with Crippen LogP contribution < -0.4 is 4.72 Å². The van der Waals surface area contributed by atoms with Gasteiger partial charge in [0.1, 0.15) is 15.9 Å². The predicted molar refractivity (Wildman–Crippen MR) is 82.6 cm³/mol. The van der Waals surface area contributed by atoms with Gasteiger partial charge in [-0.15, -0.1) is 11.6 Å². The molecule has 1 heterocycles. The van der Waals surface area contributed by atoms with Crippen LogP contribution in [0, 0.1) is 5.82 Å². The molecule has 1 N–H and O–H groups in total. The van der Waals surface area contributed by atoms with Gasteiger partial charge in [-0.05, 0) is 40.2 Å². The van der Waals surface area contributed by atoms with E-state index in [2.05, 4.69) is 13.5 Å². The Morgan fingerprint density at radius 2 is 1.81 bits per heavy atom. The molecule has 0 radical (unpaired) electrons. The van der Waals surface area contributed by atoms with Gasteiger partial charge >= 0.3 is 0 Å². The molecule has 10 heteroatoms. The van der Waals surface area contributed by atoms with Crippen LogP contribution in [0.15, 0.2) is 17.0 Å². The summed E-state index contributed by atoms with van der Waals surface area (Å²) >= 11 is 6.32. The summed E-state index contributed by atoms with van der Waals surface area (Å²) in [6.07, 6.45) is 0. The van der Waals surface area contributed by atoms with Crippen molar-refractivity contribution in [2.24, 2.45) is 0 Å². The molecule has 1 aromatic heterocycles. The average molecular weight is 355 g/mol. The van der Waals surface area contributed by atoms with Gasteiger partial charge in [-0.3, -0.25) is 0 Å². The van der Waals surface area contributed by atoms with E-state index >= 15 is 0 Å². The maximum atomic E-state index is 13.3. The summed E-state index contributed by atoms with van der Waals surface area (Å²) in [4.78, 5) is 1.87. The van der Waals surface area contributed by atoms with Crippen molar-refractivity contribution in [2.75, 3.05) is 21.1 Å². The Bertz CT molecular complexity index is 701. The van der Waals surface area contributed by atoms with Gasteiger partial charge in [0.15, 0.2) is 5.82 Å². The Balaban J connectivity index is 0.000000491. The van der Waals surface area contributed by atoms with Crippen LogP contribution in [0.1, 0.15) is 6.92 Å². The number of rotatable bonds is 3. The number of halogens is 2. The number of sulfonamides is 1. The quantitative estimate of drug-likeness (QED) is 0.672. The smallest absolute Gasteiger partial charge is 0.244 e. The van der Waals surface area contributed by atoms with Crippen molar-refractivity contribution >= 4 is 44.4 Å². The zero-order chi connectivity index (χ0) is 16.2. The fourth-order valence-corrected chi connectivity index (χ4v) is 3.48. The molecule has 1 aromatic carbocycles. The Hall–Kier alpha value is -0.870. The van der Waals surface area contributed by atoms with Crippen LogP contribution in [0.4, 0.5) is 4.39 Å². The van der Waals surface area contributed by atoms with Crippen molar-refractivity contribution in [3.63, 3.8) is 0 Å². The zero-order valence-corrected chi connectivity index (χ0v) is 14.4. The first-order valence-corrected chi connectivity index (χ1v) is 8.48. The number of alkyl halides is 1. The molecule has 1 unspecified atom stereocenters. The van der Waals surface area contributed by atoms with Crippen molar-refractivity contribution < 1.29 is 12.8 Å². The molecule has 1 atom stereocenters. The highest BCUT2D eigenvalue weighted by atomic mass is 35.5. The van der Waals surface area contributed by atoms with Crippen molar-refractivity contribution in [3.05, 3.63) is 17.9 Å². The van der Waals surface area contributed by atoms with Crippen molar-refractivity contribution in [3.8, 4) is 0 Å². The van der Waals surface area contributed by atoms with E-state index in [1.807, 2.05) is 26.0 Å². The molecule has 2 aromatic rings. The highest BCUT2D eigenvalue weighted by Crippen LogP contribution is 2.23. The lowest BCUT2D eigenvalue weighted by atomic mass is 10.3. The molecule has 0 spiro atoms. The summed E-state index contributed by atoms with van der Waals surface area (Å²) in [5, 5.41) is 0. The molecule has 118 valence electrons. The summed E-state index contributed by atoms with van der Waals surface area (Å²) in [7, 11) is 2.18. The lowest BCUT2D eigenvalue weighted by Gasteiger charge is -2.08. The monoisotopic (exact) mass is 354 g/mol. The molecular weight excluding hydrogens is 339 g/mol. The standard InChI is InChI=1S/C8H7ClFN3O2S2.C3H9N/c1-4(9)13-17(14,15)6-3-2-5(10)7-8(6)12-16-11-7;1-4(2)3/h2-4,13H,1H3;1-3H3. The van der Waals surface area contributed by atoms with E-state index in [-0.39, 0.29) is 15.9 Å². The number of nitrogens with zero attached hydrogens (tertiary/aromatic N) is 3. The van der Waals surface area contributed by atoms with E-state index in [0.29, 0.717) is 0 Å². The Morgan fingerprint density at radius 3 is 2.33 bits per heavy atom. The lowest BCUT2D eigenvalue weighted by molar-refractivity contribution is 0.505. The summed E-state index contributed by atoms with van der Waals surface area (Å²) in [6, 6.07) is 2.18. The molecule has 2 rings (SSSR count). The lowest BCUT2D eigenvalue weighted by Crippen LogP contribution is -2.28. The van der Waals surface area contributed by atoms with Gasteiger partial charge in [0.05, 0.1) is 17.2 Å². The normalized spacial score (nSPS) is 13.1. The van der Waals surface area contributed by atoms with Gasteiger partial charge in [-0.2, -0.15) is 13.5 Å². The maximum absolute atomic E-state index is 13.3. The Kier molecular flexibility index (Phi) is 6.41. The fourth-order valence-electron chi connectivity index (χ4n) is 1.31. The first kappa shape index (κ1) is 18.2. The van der Waals surface area contributed by atoms with Crippen LogP contribution in [-0.4, -0.2) is 48.7 Å². The third-order valence-electron chi connectivity index (χ3n) is 1.94. The Morgan fingerprint density at radius 1 is 1.29 bits per heavy atom. The van der Waals surface area contributed by atoms with Crippen LogP contribution >= 0.6 is 23.3 Å². The van der Waals surface area contributed by atoms with Gasteiger partial charge < -0.3 is 4.90 Å². The van der Waals surface area contributed by atoms with Crippen molar-refractivity contribution in [2.45, 2.75) is 17.3 Å². The van der Waals surface area contributed by atoms with E-state index in [9.17, 15) is 12.8 Å². The van der Waals surface area contributed by atoms with E-state index in [1.54, 1.807) is 0 Å². The molecular formula is C11H16ClFN4O2S2. The van der Waals surface area contributed by atoms with E-state index in [4.69, 9.17) is 11.6 Å². The highest BCUT2D eigenvalue weighted by Gasteiger charge is 2.22. The van der Waals surface area contributed by atoms with Gasteiger partial charge in [0, 0.05) is 0 Å². The van der Waals surface area contributed by atoms with Gasteiger partial charge in [0.25, 0.3) is 0 Å². The second-order valence-corrected chi connectivity index (χ2v) is 7.45. The molecule has 21 heavy (non-hydrogen) atoms. The van der Waals surface area contributed by atoms with Crippen LogP contribution in [0.25, 0.3) is 11.0 Å². The number of hydrogen-bond acceptors (Lipinski definition) is 6. The summed E-state index contributed by atoms with van der Waals surface area (Å²) < 4.78 is 46.8. The Labute approximate surface area is 132 Å². The predicted octanol–water partition coefficient (Wildman–Crippen LogP) is 1.87. The summed E-state index contributed by atoms with van der Waals surface area (Å²) in [5.41, 5.74) is -0.813. The topological polar surface area (TPSA) is 75.2 Å². The van der Waals surface area contributed by atoms with Crippen LogP contribution in [0.5, 0.6) is 0 Å².